The summed E-state index contributed by atoms with van der Waals surface area (Å²) in [6, 6.07) is 16.8. The molecule has 2 aromatic carbocycles. The molecule has 0 fully saturated rings. The van der Waals surface area contributed by atoms with E-state index in [4.69, 9.17) is 0 Å². The van der Waals surface area contributed by atoms with Crippen LogP contribution in [-0.4, -0.2) is 17.4 Å². The van der Waals surface area contributed by atoms with Crippen molar-refractivity contribution in [1.82, 2.24) is 10.3 Å². The van der Waals surface area contributed by atoms with Gasteiger partial charge in [-0.3, -0.25) is 4.79 Å². The Hall–Kier alpha value is -2.55. The summed E-state index contributed by atoms with van der Waals surface area (Å²) in [6.07, 6.45) is 3.52. The first-order chi connectivity index (χ1) is 12.5. The van der Waals surface area contributed by atoms with Crippen LogP contribution in [0.5, 0.6) is 0 Å². The molecule has 3 rings (SSSR count). The summed E-state index contributed by atoms with van der Waals surface area (Å²) in [4.78, 5) is 15.9. The summed E-state index contributed by atoms with van der Waals surface area (Å²) in [5.74, 6) is 0.754. The number of para-hydroxylation sites is 1. The molecule has 0 aliphatic rings. The van der Waals surface area contributed by atoms with Gasteiger partial charge in [-0.1, -0.05) is 61.9 Å². The SMILES string of the molecule is Cc1ccc([C@H](CC(=O)NCCC(C)C)c2c[nH]c3ccccc23)cc1. The van der Waals surface area contributed by atoms with E-state index < -0.39 is 0 Å². The number of hydrogen-bond donors (Lipinski definition) is 2. The van der Waals surface area contributed by atoms with E-state index in [1.807, 2.05) is 6.07 Å². The van der Waals surface area contributed by atoms with E-state index in [1.165, 1.54) is 22.1 Å². The van der Waals surface area contributed by atoms with Crippen LogP contribution in [0, 0.1) is 12.8 Å². The van der Waals surface area contributed by atoms with Crippen LogP contribution in [0.2, 0.25) is 0 Å². The Kier molecular flexibility index (Phi) is 5.77. The largest absolute Gasteiger partial charge is 0.361 e. The fourth-order valence-electron chi connectivity index (χ4n) is 3.35. The lowest BCUT2D eigenvalue weighted by atomic mass is 9.87. The van der Waals surface area contributed by atoms with Gasteiger partial charge in [-0.05, 0) is 36.5 Å². The number of rotatable bonds is 7. The van der Waals surface area contributed by atoms with Gasteiger partial charge in [-0.2, -0.15) is 0 Å². The van der Waals surface area contributed by atoms with Gasteiger partial charge in [-0.15, -0.1) is 0 Å². The maximum absolute atomic E-state index is 12.6. The highest BCUT2D eigenvalue weighted by molar-refractivity contribution is 5.86. The highest BCUT2D eigenvalue weighted by Gasteiger charge is 2.21. The van der Waals surface area contributed by atoms with Gasteiger partial charge in [0.25, 0.3) is 0 Å². The standard InChI is InChI=1S/C23H28N2O/c1-16(2)12-13-24-23(26)14-20(18-10-8-17(3)9-11-18)21-15-25-22-7-5-4-6-19(21)22/h4-11,15-16,20,25H,12-14H2,1-3H3,(H,24,26)/t20-/m0/s1. The second-order valence-electron chi connectivity index (χ2n) is 7.49. The Bertz CT molecular complexity index is 861. The molecule has 0 spiro atoms. The van der Waals surface area contributed by atoms with Crippen molar-refractivity contribution in [2.45, 2.75) is 39.5 Å². The maximum Gasteiger partial charge on any atom is 0.220 e. The number of aromatic nitrogens is 1. The van der Waals surface area contributed by atoms with Crippen LogP contribution in [0.1, 0.15) is 49.3 Å². The lowest BCUT2D eigenvalue weighted by molar-refractivity contribution is -0.121. The third kappa shape index (κ3) is 4.34. The second kappa shape index (κ2) is 8.22. The molecule has 0 bridgehead atoms. The van der Waals surface area contributed by atoms with Gasteiger partial charge in [0.1, 0.15) is 0 Å². The van der Waals surface area contributed by atoms with Crippen LogP contribution in [-0.2, 0) is 4.79 Å². The van der Waals surface area contributed by atoms with Gasteiger partial charge in [0.2, 0.25) is 5.91 Å². The normalized spacial score (nSPS) is 12.5. The van der Waals surface area contributed by atoms with Gasteiger partial charge in [0.05, 0.1) is 0 Å². The Balaban J connectivity index is 1.87. The number of benzene rings is 2. The summed E-state index contributed by atoms with van der Waals surface area (Å²) in [6.45, 7) is 7.18. The third-order valence-electron chi connectivity index (χ3n) is 4.91. The average molecular weight is 348 g/mol. The number of nitrogens with one attached hydrogen (secondary N) is 2. The van der Waals surface area contributed by atoms with Gasteiger partial charge >= 0.3 is 0 Å². The maximum atomic E-state index is 12.6. The molecule has 3 heteroatoms. The smallest absolute Gasteiger partial charge is 0.220 e. The molecular formula is C23H28N2O. The van der Waals surface area contributed by atoms with Gasteiger partial charge < -0.3 is 10.3 Å². The monoisotopic (exact) mass is 348 g/mol. The topological polar surface area (TPSA) is 44.9 Å². The van der Waals surface area contributed by atoms with E-state index in [2.05, 4.69) is 79.7 Å². The van der Waals surface area contributed by atoms with E-state index in [0.717, 1.165) is 18.5 Å². The molecular weight excluding hydrogens is 320 g/mol. The number of hydrogen-bond acceptors (Lipinski definition) is 1. The summed E-state index contributed by atoms with van der Waals surface area (Å²) >= 11 is 0. The van der Waals surface area contributed by atoms with E-state index in [1.54, 1.807) is 0 Å². The van der Waals surface area contributed by atoms with Crippen molar-refractivity contribution < 1.29 is 4.79 Å². The van der Waals surface area contributed by atoms with Crippen molar-refractivity contribution in [2.24, 2.45) is 5.92 Å². The number of aromatic amines is 1. The van der Waals surface area contributed by atoms with Crippen molar-refractivity contribution in [3.63, 3.8) is 0 Å². The number of H-pyrrole nitrogens is 1. The van der Waals surface area contributed by atoms with Crippen LogP contribution in [0.3, 0.4) is 0 Å². The molecule has 1 aromatic heterocycles. The lowest BCUT2D eigenvalue weighted by Crippen LogP contribution is -2.27. The first kappa shape index (κ1) is 18.2. The van der Waals surface area contributed by atoms with Crippen molar-refractivity contribution in [3.8, 4) is 0 Å². The zero-order chi connectivity index (χ0) is 18.5. The van der Waals surface area contributed by atoms with Crippen molar-refractivity contribution in [2.75, 3.05) is 6.54 Å². The van der Waals surface area contributed by atoms with E-state index in [9.17, 15) is 4.79 Å². The van der Waals surface area contributed by atoms with Gasteiger partial charge in [0.15, 0.2) is 0 Å². The zero-order valence-electron chi connectivity index (χ0n) is 15.9. The number of fused-ring (bicyclic) bond motifs is 1. The van der Waals surface area contributed by atoms with E-state index in [0.29, 0.717) is 12.3 Å². The minimum Gasteiger partial charge on any atom is -0.361 e. The van der Waals surface area contributed by atoms with Gasteiger partial charge in [-0.25, -0.2) is 0 Å². The van der Waals surface area contributed by atoms with Crippen LogP contribution >= 0.6 is 0 Å². The molecule has 0 unspecified atom stereocenters. The predicted octanol–water partition coefficient (Wildman–Crippen LogP) is 5.16. The fraction of sp³-hybridized carbons (Fsp3) is 0.348. The number of aryl methyl sites for hydroxylation is 1. The molecule has 0 aliphatic heterocycles. The van der Waals surface area contributed by atoms with Crippen LogP contribution in [0.25, 0.3) is 10.9 Å². The molecule has 3 nitrogen and oxygen atoms in total. The van der Waals surface area contributed by atoms with E-state index >= 15 is 0 Å². The lowest BCUT2D eigenvalue weighted by Gasteiger charge is -2.18. The van der Waals surface area contributed by atoms with Crippen LogP contribution in [0.4, 0.5) is 0 Å². The summed E-state index contributed by atoms with van der Waals surface area (Å²) in [5, 5.41) is 4.27. The fourth-order valence-corrected chi connectivity index (χ4v) is 3.35. The second-order valence-corrected chi connectivity index (χ2v) is 7.49. The quantitative estimate of drug-likeness (QED) is 0.608. The molecule has 0 saturated heterocycles. The molecule has 0 aliphatic carbocycles. The molecule has 1 heterocycles. The van der Waals surface area contributed by atoms with Gasteiger partial charge in [0, 0.05) is 36.0 Å². The summed E-state index contributed by atoms with van der Waals surface area (Å²) in [7, 11) is 0. The van der Waals surface area contributed by atoms with Crippen molar-refractivity contribution >= 4 is 16.8 Å². The molecule has 0 radical (unpaired) electrons. The Morgan fingerprint density at radius 2 is 1.81 bits per heavy atom. The molecule has 0 saturated carbocycles. The number of carbonyl (C=O) groups excluding carboxylic acids is 1. The summed E-state index contributed by atoms with van der Waals surface area (Å²) < 4.78 is 0. The third-order valence-corrected chi connectivity index (χ3v) is 4.91. The zero-order valence-corrected chi connectivity index (χ0v) is 15.9. The molecule has 3 aromatic rings. The van der Waals surface area contributed by atoms with Crippen LogP contribution < -0.4 is 5.32 Å². The molecule has 2 N–H and O–H groups in total. The molecule has 136 valence electrons. The molecule has 26 heavy (non-hydrogen) atoms. The number of carbonyl (C=O) groups is 1. The van der Waals surface area contributed by atoms with Crippen molar-refractivity contribution in [3.05, 3.63) is 71.4 Å². The summed E-state index contributed by atoms with van der Waals surface area (Å²) in [5.41, 5.74) is 4.70. The Labute approximate surface area is 155 Å². The highest BCUT2D eigenvalue weighted by atomic mass is 16.1. The minimum absolute atomic E-state index is 0.0470. The van der Waals surface area contributed by atoms with E-state index in [-0.39, 0.29) is 11.8 Å². The Morgan fingerprint density at radius 3 is 2.54 bits per heavy atom. The predicted molar refractivity (Wildman–Crippen MR) is 108 cm³/mol. The van der Waals surface area contributed by atoms with Crippen LogP contribution in [0.15, 0.2) is 54.7 Å². The first-order valence-electron chi connectivity index (χ1n) is 9.44. The first-order valence-corrected chi connectivity index (χ1v) is 9.44. The molecule has 1 amide bonds. The number of amides is 1. The minimum atomic E-state index is 0.0470. The highest BCUT2D eigenvalue weighted by Crippen LogP contribution is 2.33. The van der Waals surface area contributed by atoms with Crippen molar-refractivity contribution in [1.29, 1.82) is 0 Å². The average Bonchev–Trinajstić information content (AvgIpc) is 3.04. The Morgan fingerprint density at radius 1 is 1.08 bits per heavy atom. The molecule has 1 atom stereocenters.